The van der Waals surface area contributed by atoms with E-state index >= 15 is 0 Å². The third-order valence-corrected chi connectivity index (χ3v) is 3.64. The number of nitrogens with one attached hydrogen (secondary N) is 1. The molecule has 122 valence electrons. The summed E-state index contributed by atoms with van der Waals surface area (Å²) in [7, 11) is 0. The summed E-state index contributed by atoms with van der Waals surface area (Å²) in [6.07, 6.45) is 0. The zero-order chi connectivity index (χ0) is 16.7. The Balaban J connectivity index is 2.09. The molecule has 0 unspecified atom stereocenters. The Morgan fingerprint density at radius 1 is 1.13 bits per heavy atom. The Hall–Kier alpha value is -2.47. The molecule has 1 heterocycles. The van der Waals surface area contributed by atoms with Gasteiger partial charge in [-0.2, -0.15) is 9.78 Å². The van der Waals surface area contributed by atoms with Crippen LogP contribution in [-0.4, -0.2) is 46.8 Å². The van der Waals surface area contributed by atoms with E-state index in [2.05, 4.69) is 29.2 Å². The summed E-state index contributed by atoms with van der Waals surface area (Å²) in [6, 6.07) is 11.9. The molecule has 2 rings (SSSR count). The average molecular weight is 314 g/mol. The van der Waals surface area contributed by atoms with E-state index in [4.69, 9.17) is 0 Å². The fourth-order valence-electron chi connectivity index (χ4n) is 2.24. The van der Waals surface area contributed by atoms with E-state index in [9.17, 15) is 9.59 Å². The number of amides is 1. The number of nitrogens with zero attached hydrogens (tertiary/aromatic N) is 3. The molecule has 0 aliphatic rings. The third kappa shape index (κ3) is 4.50. The van der Waals surface area contributed by atoms with Crippen LogP contribution in [0.15, 0.2) is 47.3 Å². The van der Waals surface area contributed by atoms with Crippen LogP contribution < -0.4 is 10.9 Å². The van der Waals surface area contributed by atoms with Gasteiger partial charge in [-0.1, -0.05) is 32.0 Å². The van der Waals surface area contributed by atoms with E-state index < -0.39 is 0 Å². The number of carbonyl (C=O) groups excluding carboxylic acids is 1. The first-order valence-corrected chi connectivity index (χ1v) is 7.82. The molecule has 0 bridgehead atoms. The molecular formula is C17H22N4O2. The fourth-order valence-corrected chi connectivity index (χ4v) is 2.24. The number of para-hydroxylation sites is 1. The van der Waals surface area contributed by atoms with Crippen LogP contribution in [0.1, 0.15) is 24.3 Å². The van der Waals surface area contributed by atoms with Gasteiger partial charge in [0.2, 0.25) is 0 Å². The Kier molecular flexibility index (Phi) is 6.05. The van der Waals surface area contributed by atoms with Gasteiger partial charge in [-0.15, -0.1) is 0 Å². The van der Waals surface area contributed by atoms with E-state index in [1.807, 2.05) is 18.2 Å². The maximum absolute atomic E-state index is 12.2. The summed E-state index contributed by atoms with van der Waals surface area (Å²) in [6.45, 7) is 7.40. The lowest BCUT2D eigenvalue weighted by Crippen LogP contribution is -2.36. The van der Waals surface area contributed by atoms with Gasteiger partial charge in [0.25, 0.3) is 11.5 Å². The molecule has 0 saturated heterocycles. The highest BCUT2D eigenvalue weighted by Gasteiger charge is 2.10. The number of aromatic nitrogens is 2. The number of rotatable bonds is 7. The van der Waals surface area contributed by atoms with E-state index in [0.717, 1.165) is 19.6 Å². The van der Waals surface area contributed by atoms with E-state index in [0.29, 0.717) is 12.2 Å². The Morgan fingerprint density at radius 2 is 1.83 bits per heavy atom. The molecule has 1 N–H and O–H groups in total. The van der Waals surface area contributed by atoms with Crippen molar-refractivity contribution < 1.29 is 4.79 Å². The molecule has 1 amide bonds. The zero-order valence-electron chi connectivity index (χ0n) is 13.5. The molecule has 6 heteroatoms. The van der Waals surface area contributed by atoms with Crippen molar-refractivity contribution in [1.29, 1.82) is 0 Å². The summed E-state index contributed by atoms with van der Waals surface area (Å²) in [5.41, 5.74) is 0.596. The molecule has 0 atom stereocenters. The zero-order valence-corrected chi connectivity index (χ0v) is 13.5. The molecule has 23 heavy (non-hydrogen) atoms. The van der Waals surface area contributed by atoms with Crippen molar-refractivity contribution in [2.24, 2.45) is 0 Å². The summed E-state index contributed by atoms with van der Waals surface area (Å²) >= 11 is 0. The van der Waals surface area contributed by atoms with E-state index in [1.165, 1.54) is 16.8 Å². The molecule has 0 aliphatic carbocycles. The lowest BCUT2D eigenvalue weighted by Gasteiger charge is -2.17. The third-order valence-electron chi connectivity index (χ3n) is 3.64. The van der Waals surface area contributed by atoms with Crippen molar-refractivity contribution >= 4 is 5.91 Å². The van der Waals surface area contributed by atoms with E-state index in [-0.39, 0.29) is 17.2 Å². The van der Waals surface area contributed by atoms with Crippen molar-refractivity contribution in [1.82, 2.24) is 20.0 Å². The smallest absolute Gasteiger partial charge is 0.271 e. The van der Waals surface area contributed by atoms with Crippen LogP contribution in [-0.2, 0) is 0 Å². The number of hydrogen-bond donors (Lipinski definition) is 1. The summed E-state index contributed by atoms with van der Waals surface area (Å²) in [5.74, 6) is -0.276. The highest BCUT2D eigenvalue weighted by molar-refractivity contribution is 5.92. The molecule has 0 saturated carbocycles. The van der Waals surface area contributed by atoms with Gasteiger partial charge >= 0.3 is 0 Å². The van der Waals surface area contributed by atoms with Gasteiger partial charge in [-0.3, -0.25) is 9.59 Å². The first-order valence-electron chi connectivity index (χ1n) is 7.82. The van der Waals surface area contributed by atoms with Crippen LogP contribution in [0.2, 0.25) is 0 Å². The molecule has 0 radical (unpaired) electrons. The Morgan fingerprint density at radius 3 is 2.48 bits per heavy atom. The highest BCUT2D eigenvalue weighted by Crippen LogP contribution is 2.02. The quantitative estimate of drug-likeness (QED) is 0.836. The molecule has 0 fully saturated rings. The molecule has 6 nitrogen and oxygen atoms in total. The second-order valence-corrected chi connectivity index (χ2v) is 5.09. The minimum absolute atomic E-state index is 0.230. The number of likely N-dealkylation sites (N-methyl/N-ethyl adjacent to an activating group) is 1. The Bertz CT molecular complexity index is 693. The topological polar surface area (TPSA) is 67.2 Å². The molecule has 1 aromatic carbocycles. The fraction of sp³-hybridized carbons (Fsp3) is 0.353. The number of benzene rings is 1. The molecule has 1 aromatic heterocycles. The highest BCUT2D eigenvalue weighted by atomic mass is 16.2. The van der Waals surface area contributed by atoms with Gasteiger partial charge in [0, 0.05) is 19.2 Å². The summed E-state index contributed by atoms with van der Waals surface area (Å²) in [4.78, 5) is 26.3. The van der Waals surface area contributed by atoms with Crippen LogP contribution in [0.4, 0.5) is 0 Å². The van der Waals surface area contributed by atoms with Gasteiger partial charge in [-0.05, 0) is 31.3 Å². The first kappa shape index (κ1) is 16.9. The minimum Gasteiger partial charge on any atom is -0.349 e. The molecule has 2 aromatic rings. The number of carbonyl (C=O) groups is 1. The molecular weight excluding hydrogens is 292 g/mol. The van der Waals surface area contributed by atoms with Crippen LogP contribution in [0, 0.1) is 0 Å². The average Bonchev–Trinajstić information content (AvgIpc) is 2.59. The van der Waals surface area contributed by atoms with Crippen molar-refractivity contribution in [3.8, 4) is 5.69 Å². The first-order chi connectivity index (χ1) is 11.2. The minimum atomic E-state index is -0.276. The van der Waals surface area contributed by atoms with Crippen LogP contribution >= 0.6 is 0 Å². The van der Waals surface area contributed by atoms with Gasteiger partial charge < -0.3 is 10.2 Å². The standard InChI is InChI=1S/C17H22N4O2/c1-3-20(4-2)13-12-18-17(23)15-10-11-16(22)21(19-15)14-8-6-5-7-9-14/h5-11H,3-4,12-13H2,1-2H3,(H,18,23). The maximum Gasteiger partial charge on any atom is 0.271 e. The predicted molar refractivity (Wildman–Crippen MR) is 90.0 cm³/mol. The summed E-state index contributed by atoms with van der Waals surface area (Å²) < 4.78 is 1.24. The van der Waals surface area contributed by atoms with Crippen LogP contribution in [0.3, 0.4) is 0 Å². The predicted octanol–water partition coefficient (Wildman–Crippen LogP) is 1.30. The monoisotopic (exact) mass is 314 g/mol. The second kappa shape index (κ2) is 8.24. The van der Waals surface area contributed by atoms with Gasteiger partial charge in [-0.25, -0.2) is 0 Å². The van der Waals surface area contributed by atoms with Gasteiger partial charge in [0.15, 0.2) is 0 Å². The largest absolute Gasteiger partial charge is 0.349 e. The Labute approximate surface area is 135 Å². The van der Waals surface area contributed by atoms with Crippen LogP contribution in [0.25, 0.3) is 5.69 Å². The SMILES string of the molecule is CCN(CC)CCNC(=O)c1ccc(=O)n(-c2ccccc2)n1. The van der Waals surface area contributed by atoms with Crippen molar-refractivity contribution in [3.63, 3.8) is 0 Å². The van der Waals surface area contributed by atoms with Gasteiger partial charge in [0.1, 0.15) is 5.69 Å². The van der Waals surface area contributed by atoms with Crippen molar-refractivity contribution in [2.45, 2.75) is 13.8 Å². The molecule has 0 spiro atoms. The van der Waals surface area contributed by atoms with Gasteiger partial charge in [0.05, 0.1) is 5.69 Å². The van der Waals surface area contributed by atoms with E-state index in [1.54, 1.807) is 12.1 Å². The van der Waals surface area contributed by atoms with Crippen LogP contribution in [0.5, 0.6) is 0 Å². The molecule has 0 aliphatic heterocycles. The lowest BCUT2D eigenvalue weighted by atomic mass is 10.3. The summed E-state index contributed by atoms with van der Waals surface area (Å²) in [5, 5.41) is 7.00. The lowest BCUT2D eigenvalue weighted by molar-refractivity contribution is 0.0942. The maximum atomic E-state index is 12.2. The van der Waals surface area contributed by atoms with Crippen molar-refractivity contribution in [2.75, 3.05) is 26.2 Å². The van der Waals surface area contributed by atoms with Crippen molar-refractivity contribution in [3.05, 3.63) is 58.5 Å². The number of hydrogen-bond acceptors (Lipinski definition) is 4. The second-order valence-electron chi connectivity index (χ2n) is 5.09. The normalized spacial score (nSPS) is 10.7.